The van der Waals surface area contributed by atoms with E-state index in [0.717, 1.165) is 13.0 Å². The Morgan fingerprint density at radius 2 is 1.67 bits per heavy atom. The van der Waals surface area contributed by atoms with Gasteiger partial charge in [-0.1, -0.05) is 60.1 Å². The number of esters is 1. The minimum Gasteiger partial charge on any atom is -0.425 e. The Kier molecular flexibility index (Phi) is 6.59. The molecule has 0 spiro atoms. The lowest BCUT2D eigenvalue weighted by Gasteiger charge is -2.28. The summed E-state index contributed by atoms with van der Waals surface area (Å²) in [5, 5.41) is 3.39. The molecule has 0 aliphatic heterocycles. The normalized spacial score (nSPS) is 12.0. The van der Waals surface area contributed by atoms with Crippen molar-refractivity contribution in [3.8, 4) is 0 Å². The fourth-order valence-corrected chi connectivity index (χ4v) is 2.59. The maximum absolute atomic E-state index is 12.2. The highest BCUT2D eigenvalue weighted by molar-refractivity contribution is 6.25. The Bertz CT molecular complexity index is 681. The smallest absolute Gasteiger partial charge is 0.343 e. The zero-order valence-electron chi connectivity index (χ0n) is 14.0. The van der Waals surface area contributed by atoms with Crippen molar-refractivity contribution in [1.29, 1.82) is 0 Å². The summed E-state index contributed by atoms with van der Waals surface area (Å²) in [7, 11) is 0. The maximum Gasteiger partial charge on any atom is 0.343 e. The first-order chi connectivity index (χ1) is 11.5. The number of halogens is 1. The molecule has 24 heavy (non-hydrogen) atoms. The van der Waals surface area contributed by atoms with Crippen LogP contribution in [0, 0.1) is 0 Å². The highest BCUT2D eigenvalue weighted by Crippen LogP contribution is 2.20. The molecule has 0 amide bonds. The van der Waals surface area contributed by atoms with Gasteiger partial charge in [-0.3, -0.25) is 0 Å². The molecule has 0 bridgehead atoms. The molecule has 2 rings (SSSR count). The number of ether oxygens (including phenoxy) is 1. The molecule has 126 valence electrons. The lowest BCUT2D eigenvalue weighted by Crippen LogP contribution is -2.43. The van der Waals surface area contributed by atoms with Crippen molar-refractivity contribution in [2.45, 2.75) is 25.8 Å². The monoisotopic (exact) mass is 343 g/mol. The number of hydrogen-bond acceptors (Lipinski definition) is 3. The molecule has 0 radical (unpaired) electrons. The molecule has 3 nitrogen and oxygen atoms in total. The molecular formula is C20H22ClNO2. The first kappa shape index (κ1) is 18.2. The second-order valence-electron chi connectivity index (χ2n) is 6.02. The Morgan fingerprint density at radius 1 is 1.08 bits per heavy atom. The number of carbonyl (C=O) groups excluding carboxylic acids is 1. The van der Waals surface area contributed by atoms with Gasteiger partial charge in [0.15, 0.2) is 0 Å². The van der Waals surface area contributed by atoms with E-state index in [4.69, 9.17) is 16.3 Å². The second-order valence-corrected chi connectivity index (χ2v) is 6.23. The molecule has 0 saturated heterocycles. The van der Waals surface area contributed by atoms with E-state index in [1.165, 1.54) is 11.1 Å². The Balaban J connectivity index is 1.94. The van der Waals surface area contributed by atoms with Crippen LogP contribution < -0.4 is 5.32 Å². The van der Waals surface area contributed by atoms with Crippen molar-refractivity contribution in [3.05, 3.63) is 83.1 Å². The van der Waals surface area contributed by atoms with Gasteiger partial charge in [-0.15, -0.1) is 0 Å². The van der Waals surface area contributed by atoms with Crippen molar-refractivity contribution < 1.29 is 9.53 Å². The lowest BCUT2D eigenvalue weighted by atomic mass is 10.0. The summed E-state index contributed by atoms with van der Waals surface area (Å²) in [6.07, 6.45) is 0.881. The molecule has 0 atom stereocenters. The van der Waals surface area contributed by atoms with E-state index in [1.54, 1.807) is 24.3 Å². The Labute approximate surface area is 148 Å². The van der Waals surface area contributed by atoms with Crippen LogP contribution in [0.25, 0.3) is 0 Å². The van der Waals surface area contributed by atoms with Crippen molar-refractivity contribution in [1.82, 2.24) is 5.32 Å². The van der Waals surface area contributed by atoms with Crippen LogP contribution in [0.15, 0.2) is 72.0 Å². The van der Waals surface area contributed by atoms with E-state index in [9.17, 15) is 4.79 Å². The van der Waals surface area contributed by atoms with Crippen molar-refractivity contribution >= 4 is 17.6 Å². The van der Waals surface area contributed by atoms with Gasteiger partial charge in [0.2, 0.25) is 0 Å². The summed E-state index contributed by atoms with van der Waals surface area (Å²) in [5.41, 5.74) is 2.50. The van der Waals surface area contributed by atoms with E-state index in [1.807, 2.05) is 38.1 Å². The van der Waals surface area contributed by atoms with Crippen LogP contribution >= 0.6 is 11.6 Å². The van der Waals surface area contributed by atoms with Crippen molar-refractivity contribution in [2.75, 3.05) is 6.54 Å². The molecule has 0 heterocycles. The number of benzene rings is 2. The molecule has 2 aromatic carbocycles. The van der Waals surface area contributed by atoms with Gasteiger partial charge in [-0.05, 0) is 38.0 Å². The quantitative estimate of drug-likeness (QED) is 0.592. The first-order valence-corrected chi connectivity index (χ1v) is 8.33. The van der Waals surface area contributed by atoms with Gasteiger partial charge in [0.25, 0.3) is 0 Å². The molecule has 0 unspecified atom stereocenters. The Hall–Kier alpha value is -2.10. The fraction of sp³-hybridized carbons (Fsp3) is 0.250. The van der Waals surface area contributed by atoms with Gasteiger partial charge < -0.3 is 10.1 Å². The van der Waals surface area contributed by atoms with Crippen LogP contribution in [0.2, 0.25) is 0 Å². The molecule has 0 aliphatic carbocycles. The maximum atomic E-state index is 12.2. The third kappa shape index (κ3) is 5.22. The molecule has 0 fully saturated rings. The summed E-state index contributed by atoms with van der Waals surface area (Å²) in [6.45, 7) is 4.61. The largest absolute Gasteiger partial charge is 0.425 e. The van der Waals surface area contributed by atoms with Crippen molar-refractivity contribution in [3.63, 3.8) is 0 Å². The van der Waals surface area contributed by atoms with Crippen molar-refractivity contribution in [2.24, 2.45) is 0 Å². The second kappa shape index (κ2) is 8.67. The van der Waals surface area contributed by atoms with Gasteiger partial charge in [-0.2, -0.15) is 0 Å². The zero-order valence-corrected chi connectivity index (χ0v) is 14.7. The van der Waals surface area contributed by atoms with Crippen LogP contribution in [-0.2, 0) is 11.2 Å². The van der Waals surface area contributed by atoms with E-state index >= 15 is 0 Å². The number of nitrogens with one attached hydrogen (secondary N) is 1. The molecule has 0 saturated carbocycles. The van der Waals surface area contributed by atoms with Gasteiger partial charge >= 0.3 is 5.97 Å². The van der Waals surface area contributed by atoms with Crippen LogP contribution in [-0.4, -0.2) is 18.1 Å². The summed E-state index contributed by atoms with van der Waals surface area (Å²) >= 11 is 5.90. The minimum absolute atomic E-state index is 0.395. The van der Waals surface area contributed by atoms with Crippen LogP contribution in [0.4, 0.5) is 0 Å². The summed E-state index contributed by atoms with van der Waals surface area (Å²) < 4.78 is 5.48. The highest BCUT2D eigenvalue weighted by Gasteiger charge is 2.26. The van der Waals surface area contributed by atoms with Crippen LogP contribution in [0.1, 0.15) is 29.8 Å². The third-order valence-electron chi connectivity index (χ3n) is 3.75. The highest BCUT2D eigenvalue weighted by atomic mass is 35.5. The molecule has 2 aromatic rings. The minimum atomic E-state index is -0.555. The zero-order chi connectivity index (χ0) is 17.4. The molecule has 1 N–H and O–H groups in total. The Morgan fingerprint density at radius 3 is 2.25 bits per heavy atom. The summed E-state index contributed by atoms with van der Waals surface area (Å²) in [6, 6.07) is 19.1. The summed E-state index contributed by atoms with van der Waals surface area (Å²) in [4.78, 5) is 12.2. The van der Waals surface area contributed by atoms with E-state index in [2.05, 4.69) is 17.4 Å². The third-order valence-corrected chi connectivity index (χ3v) is 3.95. The van der Waals surface area contributed by atoms with E-state index < -0.39 is 11.5 Å². The van der Waals surface area contributed by atoms with Crippen LogP contribution in [0.3, 0.4) is 0 Å². The van der Waals surface area contributed by atoms with Crippen LogP contribution in [0.5, 0.6) is 0 Å². The topological polar surface area (TPSA) is 38.3 Å². The standard InChI is InChI=1S/C20H22ClNO2/c1-20(2,22-14-13-16-9-5-3-6-10-16)18(15-21)24-19(23)17-11-7-4-8-12-17/h3-12,15,22H,13-14H2,1-2H3. The summed E-state index contributed by atoms with van der Waals surface area (Å²) in [5.74, 6) is -0.0217. The van der Waals surface area contributed by atoms with E-state index in [0.29, 0.717) is 11.3 Å². The first-order valence-electron chi connectivity index (χ1n) is 7.90. The number of hydrogen-bond donors (Lipinski definition) is 1. The predicted molar refractivity (Wildman–Crippen MR) is 98.0 cm³/mol. The van der Waals surface area contributed by atoms with E-state index in [-0.39, 0.29) is 0 Å². The molecule has 0 aliphatic rings. The lowest BCUT2D eigenvalue weighted by molar-refractivity contribution is 0.0571. The SMILES string of the molecule is CC(C)(NCCc1ccccc1)C(=CCl)OC(=O)c1ccccc1. The van der Waals surface area contributed by atoms with Gasteiger partial charge in [0.1, 0.15) is 5.76 Å². The predicted octanol–water partition coefficient (Wildman–Crippen LogP) is 4.53. The average Bonchev–Trinajstić information content (AvgIpc) is 2.60. The number of carbonyl (C=O) groups is 1. The molecular weight excluding hydrogens is 322 g/mol. The van der Waals surface area contributed by atoms with Gasteiger partial charge in [0.05, 0.1) is 11.1 Å². The number of rotatable bonds is 7. The van der Waals surface area contributed by atoms with Gasteiger partial charge in [0, 0.05) is 12.1 Å². The molecule has 4 heteroatoms. The molecule has 0 aromatic heterocycles. The average molecular weight is 344 g/mol. The van der Waals surface area contributed by atoms with Gasteiger partial charge in [-0.25, -0.2) is 4.79 Å². The fourth-order valence-electron chi connectivity index (χ4n) is 2.27.